The van der Waals surface area contributed by atoms with E-state index in [1.807, 2.05) is 30.3 Å². The van der Waals surface area contributed by atoms with Crippen molar-refractivity contribution in [2.45, 2.75) is 4.83 Å². The Labute approximate surface area is 101 Å². The molecule has 0 saturated carbocycles. The van der Waals surface area contributed by atoms with Crippen LogP contribution in [0.25, 0.3) is 0 Å². The van der Waals surface area contributed by atoms with Crippen molar-refractivity contribution >= 4 is 43.5 Å². The average molecular weight is 321 g/mol. The van der Waals surface area contributed by atoms with E-state index in [1.165, 1.54) is 0 Å². The van der Waals surface area contributed by atoms with Gasteiger partial charge in [-0.2, -0.15) is 0 Å². The number of rotatable bonds is 3. The first kappa shape index (κ1) is 11.7. The molecule has 1 atom stereocenters. The zero-order valence-corrected chi connectivity index (χ0v) is 11.0. The number of alkyl halides is 2. The predicted octanol–water partition coefficient (Wildman–Crippen LogP) is 2.81. The summed E-state index contributed by atoms with van der Waals surface area (Å²) in [6.07, 6.45) is 0. The Bertz CT molecular complexity index is 302. The van der Waals surface area contributed by atoms with Crippen LogP contribution in [0.4, 0.5) is 5.69 Å². The zero-order chi connectivity index (χ0) is 10.6. The van der Waals surface area contributed by atoms with Crippen LogP contribution >= 0.6 is 31.9 Å². The van der Waals surface area contributed by atoms with Crippen molar-refractivity contribution in [3.63, 3.8) is 0 Å². The summed E-state index contributed by atoms with van der Waals surface area (Å²) in [4.78, 5) is 13.2. The molecule has 1 aromatic rings. The molecule has 0 aliphatic rings. The molecular weight excluding hydrogens is 310 g/mol. The van der Waals surface area contributed by atoms with Crippen LogP contribution in [0, 0.1) is 0 Å². The molecule has 0 bridgehead atoms. The maximum Gasteiger partial charge on any atom is 0.241 e. The summed E-state index contributed by atoms with van der Waals surface area (Å²) in [5, 5.41) is 0.614. The fourth-order valence-electron chi connectivity index (χ4n) is 1.05. The van der Waals surface area contributed by atoms with E-state index in [0.717, 1.165) is 5.69 Å². The molecule has 1 rings (SSSR count). The Balaban J connectivity index is 2.76. The summed E-state index contributed by atoms with van der Waals surface area (Å²) in [6.45, 7) is 0. The molecule has 0 fully saturated rings. The molecule has 1 amide bonds. The van der Waals surface area contributed by atoms with Crippen LogP contribution in [0.2, 0.25) is 0 Å². The van der Waals surface area contributed by atoms with E-state index in [2.05, 4.69) is 31.9 Å². The van der Waals surface area contributed by atoms with E-state index in [1.54, 1.807) is 11.9 Å². The van der Waals surface area contributed by atoms with E-state index in [4.69, 9.17) is 0 Å². The van der Waals surface area contributed by atoms with Gasteiger partial charge in [-0.25, -0.2) is 0 Å². The van der Waals surface area contributed by atoms with Crippen LogP contribution in [-0.4, -0.2) is 23.1 Å². The Morgan fingerprint density at radius 2 is 2.00 bits per heavy atom. The SMILES string of the molecule is CN(C(=O)C(Br)CBr)c1ccccc1. The van der Waals surface area contributed by atoms with Gasteiger partial charge in [0.25, 0.3) is 0 Å². The molecule has 0 radical (unpaired) electrons. The Morgan fingerprint density at radius 1 is 1.43 bits per heavy atom. The van der Waals surface area contributed by atoms with Crippen molar-refractivity contribution in [1.82, 2.24) is 0 Å². The third-order valence-electron chi connectivity index (χ3n) is 1.88. The number of carbonyl (C=O) groups excluding carboxylic acids is 1. The molecule has 4 heteroatoms. The minimum atomic E-state index is -0.173. The molecular formula is C10H11Br2NO. The molecule has 0 N–H and O–H groups in total. The molecule has 1 aromatic carbocycles. The largest absolute Gasteiger partial charge is 0.315 e. The van der Waals surface area contributed by atoms with Crippen LogP contribution in [0.15, 0.2) is 30.3 Å². The van der Waals surface area contributed by atoms with Gasteiger partial charge in [-0.1, -0.05) is 50.1 Å². The topological polar surface area (TPSA) is 20.3 Å². The molecule has 0 heterocycles. The highest BCUT2D eigenvalue weighted by Gasteiger charge is 2.18. The number of para-hydroxylation sites is 1. The van der Waals surface area contributed by atoms with Gasteiger partial charge in [0.15, 0.2) is 0 Å². The lowest BCUT2D eigenvalue weighted by Gasteiger charge is -2.19. The van der Waals surface area contributed by atoms with Gasteiger partial charge in [0.05, 0.1) is 0 Å². The van der Waals surface area contributed by atoms with Crippen LogP contribution in [0.3, 0.4) is 0 Å². The Hall–Kier alpha value is -0.350. The maximum absolute atomic E-state index is 11.7. The normalized spacial score (nSPS) is 12.2. The molecule has 0 spiro atoms. The summed E-state index contributed by atoms with van der Waals surface area (Å²) in [6, 6.07) is 9.57. The minimum absolute atomic E-state index is 0.0491. The monoisotopic (exact) mass is 319 g/mol. The summed E-state index contributed by atoms with van der Waals surface area (Å²) < 4.78 is 0. The molecule has 76 valence electrons. The number of nitrogens with zero attached hydrogens (tertiary/aromatic N) is 1. The number of anilines is 1. The standard InChI is InChI=1S/C10H11Br2NO/c1-13(10(14)9(12)7-11)8-5-3-2-4-6-8/h2-6,9H,7H2,1H3. The lowest BCUT2D eigenvalue weighted by molar-refractivity contribution is -0.117. The fourth-order valence-corrected chi connectivity index (χ4v) is 1.64. The number of amides is 1. The van der Waals surface area contributed by atoms with E-state index < -0.39 is 0 Å². The molecule has 0 saturated heterocycles. The molecule has 14 heavy (non-hydrogen) atoms. The van der Waals surface area contributed by atoms with Crippen molar-refractivity contribution in [3.8, 4) is 0 Å². The van der Waals surface area contributed by atoms with Gasteiger partial charge in [-0.3, -0.25) is 4.79 Å². The van der Waals surface area contributed by atoms with Gasteiger partial charge in [-0.05, 0) is 12.1 Å². The number of hydrogen-bond acceptors (Lipinski definition) is 1. The van der Waals surface area contributed by atoms with Gasteiger partial charge < -0.3 is 4.90 Å². The highest BCUT2D eigenvalue weighted by Crippen LogP contribution is 2.15. The van der Waals surface area contributed by atoms with E-state index >= 15 is 0 Å². The van der Waals surface area contributed by atoms with Crippen LogP contribution in [-0.2, 0) is 4.79 Å². The summed E-state index contributed by atoms with van der Waals surface area (Å²) in [7, 11) is 1.77. The van der Waals surface area contributed by atoms with E-state index in [0.29, 0.717) is 5.33 Å². The summed E-state index contributed by atoms with van der Waals surface area (Å²) in [5.41, 5.74) is 0.905. The predicted molar refractivity (Wildman–Crippen MR) is 66.4 cm³/mol. The van der Waals surface area contributed by atoms with Gasteiger partial charge in [-0.15, -0.1) is 0 Å². The molecule has 1 unspecified atom stereocenters. The Kier molecular flexibility index (Phi) is 4.62. The first-order valence-electron chi connectivity index (χ1n) is 4.19. The van der Waals surface area contributed by atoms with Crippen molar-refractivity contribution in [1.29, 1.82) is 0 Å². The number of carbonyl (C=O) groups is 1. The van der Waals surface area contributed by atoms with Gasteiger partial charge >= 0.3 is 0 Å². The summed E-state index contributed by atoms with van der Waals surface area (Å²) in [5.74, 6) is 0.0491. The second-order valence-electron chi connectivity index (χ2n) is 2.85. The van der Waals surface area contributed by atoms with Crippen molar-refractivity contribution in [2.24, 2.45) is 0 Å². The van der Waals surface area contributed by atoms with Gasteiger partial charge in [0.2, 0.25) is 5.91 Å². The number of halogens is 2. The van der Waals surface area contributed by atoms with Crippen molar-refractivity contribution in [3.05, 3.63) is 30.3 Å². The van der Waals surface area contributed by atoms with Crippen LogP contribution in [0.1, 0.15) is 0 Å². The van der Waals surface area contributed by atoms with Gasteiger partial charge in [0, 0.05) is 18.1 Å². The van der Waals surface area contributed by atoms with Crippen LogP contribution in [0.5, 0.6) is 0 Å². The Morgan fingerprint density at radius 3 is 2.50 bits per heavy atom. The first-order valence-corrected chi connectivity index (χ1v) is 6.23. The maximum atomic E-state index is 11.7. The lowest BCUT2D eigenvalue weighted by Crippen LogP contribution is -2.33. The van der Waals surface area contributed by atoms with Gasteiger partial charge in [0.1, 0.15) is 4.83 Å². The van der Waals surface area contributed by atoms with E-state index in [9.17, 15) is 4.79 Å². The molecule has 2 nitrogen and oxygen atoms in total. The quantitative estimate of drug-likeness (QED) is 0.784. The smallest absolute Gasteiger partial charge is 0.241 e. The second-order valence-corrected chi connectivity index (χ2v) is 4.61. The van der Waals surface area contributed by atoms with E-state index in [-0.39, 0.29) is 10.7 Å². The molecule has 0 aliphatic heterocycles. The third-order valence-corrected chi connectivity index (χ3v) is 4.11. The molecule has 0 aliphatic carbocycles. The minimum Gasteiger partial charge on any atom is -0.315 e. The number of hydrogen-bond donors (Lipinski definition) is 0. The third kappa shape index (κ3) is 2.82. The fraction of sp³-hybridized carbons (Fsp3) is 0.300. The molecule has 0 aromatic heterocycles. The highest BCUT2D eigenvalue weighted by atomic mass is 79.9. The highest BCUT2D eigenvalue weighted by molar-refractivity contribution is 9.12. The first-order chi connectivity index (χ1) is 6.66. The average Bonchev–Trinajstić information content (AvgIpc) is 2.27. The summed E-state index contributed by atoms with van der Waals surface area (Å²) >= 11 is 6.56. The zero-order valence-electron chi connectivity index (χ0n) is 7.78. The number of benzene rings is 1. The van der Waals surface area contributed by atoms with Crippen molar-refractivity contribution in [2.75, 3.05) is 17.3 Å². The lowest BCUT2D eigenvalue weighted by atomic mass is 10.3. The second kappa shape index (κ2) is 5.51. The van der Waals surface area contributed by atoms with Crippen molar-refractivity contribution < 1.29 is 4.79 Å². The van der Waals surface area contributed by atoms with Crippen LogP contribution < -0.4 is 4.90 Å².